The minimum absolute atomic E-state index is 0.316. The zero-order chi connectivity index (χ0) is 20.1. The molecular weight excluding hydrogens is 345 g/mol. The van der Waals surface area contributed by atoms with Gasteiger partial charge in [-0.1, -0.05) is 42.3 Å². The van der Waals surface area contributed by atoms with Gasteiger partial charge in [-0.05, 0) is 50.6 Å². The fourth-order valence-corrected chi connectivity index (χ4v) is 2.34. The Kier molecular flexibility index (Phi) is 6.04. The van der Waals surface area contributed by atoms with Crippen LogP contribution in [0.5, 0.6) is 0 Å². The molecule has 0 bridgehead atoms. The van der Waals surface area contributed by atoms with Crippen LogP contribution in [0.3, 0.4) is 0 Å². The number of anilines is 1. The van der Waals surface area contributed by atoms with Crippen LogP contribution in [0.4, 0.5) is 14.9 Å². The Hall–Kier alpha value is -3.10. The molecule has 5 heteroatoms. The van der Waals surface area contributed by atoms with Crippen LogP contribution in [0, 0.1) is 18.2 Å². The molecule has 1 unspecified atom stereocenters. The number of amides is 1. The van der Waals surface area contributed by atoms with E-state index in [0.29, 0.717) is 16.8 Å². The first-order valence-electron chi connectivity index (χ1n) is 8.37. The van der Waals surface area contributed by atoms with Crippen molar-refractivity contribution in [2.75, 3.05) is 5.32 Å². The predicted octanol–water partition coefficient (Wildman–Crippen LogP) is 4.71. The molecule has 2 aromatic carbocycles. The first kappa shape index (κ1) is 20.2. The highest BCUT2D eigenvalue weighted by molar-refractivity contribution is 5.86. The fourth-order valence-electron chi connectivity index (χ4n) is 2.34. The van der Waals surface area contributed by atoms with Gasteiger partial charge in [0.1, 0.15) is 11.4 Å². The van der Waals surface area contributed by atoms with Crippen LogP contribution in [0.25, 0.3) is 6.08 Å². The molecule has 0 saturated carbocycles. The monoisotopic (exact) mass is 367 g/mol. The second-order valence-electron chi connectivity index (χ2n) is 6.97. The van der Waals surface area contributed by atoms with Gasteiger partial charge in [-0.2, -0.15) is 0 Å². The number of nitrogens with one attached hydrogen (secondary N) is 1. The summed E-state index contributed by atoms with van der Waals surface area (Å²) in [4.78, 5) is 12.1. The number of benzene rings is 2. The summed E-state index contributed by atoms with van der Waals surface area (Å²) in [5.74, 6) is 1.99. The van der Waals surface area contributed by atoms with Crippen molar-refractivity contribution in [1.29, 1.82) is 0 Å². The zero-order valence-corrected chi connectivity index (χ0v) is 15.5. The number of hydrogen-bond acceptors (Lipinski definition) is 3. The number of rotatable bonds is 4. The Morgan fingerprint density at radius 3 is 2.41 bits per heavy atom. The van der Waals surface area contributed by atoms with Crippen molar-refractivity contribution in [3.63, 3.8) is 0 Å². The van der Waals surface area contributed by atoms with Crippen LogP contribution in [-0.4, -0.2) is 16.8 Å². The van der Waals surface area contributed by atoms with Crippen LogP contribution in [0.15, 0.2) is 54.6 Å². The van der Waals surface area contributed by atoms with E-state index in [2.05, 4.69) is 11.2 Å². The van der Waals surface area contributed by atoms with E-state index in [1.807, 2.05) is 0 Å². The first-order valence-corrected chi connectivity index (χ1v) is 8.37. The molecule has 140 valence electrons. The van der Waals surface area contributed by atoms with Gasteiger partial charge in [-0.25, -0.2) is 9.18 Å². The number of para-hydroxylation sites is 1. The van der Waals surface area contributed by atoms with E-state index < -0.39 is 17.3 Å². The number of aliphatic hydroxyl groups is 1. The first-order chi connectivity index (χ1) is 12.6. The molecule has 0 heterocycles. The van der Waals surface area contributed by atoms with Gasteiger partial charge >= 0.3 is 6.09 Å². The summed E-state index contributed by atoms with van der Waals surface area (Å²) in [5, 5.41) is 13.6. The Morgan fingerprint density at radius 1 is 1.19 bits per heavy atom. The molecule has 27 heavy (non-hydrogen) atoms. The predicted molar refractivity (Wildman–Crippen MR) is 104 cm³/mol. The molecule has 0 fully saturated rings. The largest absolute Gasteiger partial charge is 0.444 e. The van der Waals surface area contributed by atoms with Crippen LogP contribution < -0.4 is 5.32 Å². The minimum atomic E-state index is -1.78. The van der Waals surface area contributed by atoms with Gasteiger partial charge in [0.2, 0.25) is 0 Å². The van der Waals surface area contributed by atoms with Gasteiger partial charge in [0.05, 0.1) is 5.69 Å². The molecule has 1 amide bonds. The van der Waals surface area contributed by atoms with Crippen molar-refractivity contribution in [2.24, 2.45) is 0 Å². The van der Waals surface area contributed by atoms with Crippen molar-refractivity contribution in [3.05, 3.63) is 71.6 Å². The quantitative estimate of drug-likeness (QED) is 0.770. The molecule has 0 aliphatic carbocycles. The number of carbonyl (C=O) groups is 1. The van der Waals surface area contributed by atoms with Crippen molar-refractivity contribution < 1.29 is 19.0 Å². The van der Waals surface area contributed by atoms with E-state index in [1.54, 1.807) is 63.2 Å². The lowest BCUT2D eigenvalue weighted by Gasteiger charge is -2.24. The molecule has 0 aliphatic heterocycles. The second kappa shape index (κ2) is 8.07. The minimum Gasteiger partial charge on any atom is -0.444 e. The number of carbonyl (C=O) groups excluding carboxylic acids is 1. The highest BCUT2D eigenvalue weighted by Gasteiger charge is 2.27. The highest BCUT2D eigenvalue weighted by atomic mass is 19.1. The summed E-state index contributed by atoms with van der Waals surface area (Å²) in [6, 6.07) is 12.4. The third-order valence-electron chi connectivity index (χ3n) is 3.58. The maximum Gasteiger partial charge on any atom is 0.412 e. The summed E-state index contributed by atoms with van der Waals surface area (Å²) in [6.07, 6.45) is 7.92. The van der Waals surface area contributed by atoms with Gasteiger partial charge in [-0.15, -0.1) is 6.42 Å². The highest BCUT2D eigenvalue weighted by Crippen LogP contribution is 2.30. The number of terminal acetylenes is 1. The summed E-state index contributed by atoms with van der Waals surface area (Å²) in [7, 11) is 0. The smallest absolute Gasteiger partial charge is 0.412 e. The lowest BCUT2D eigenvalue weighted by molar-refractivity contribution is 0.0635. The Morgan fingerprint density at radius 2 is 1.81 bits per heavy atom. The average Bonchev–Trinajstić information content (AvgIpc) is 2.60. The fraction of sp³-hybridized carbons (Fsp3) is 0.227. The standard InChI is InChI=1S/C22H22FNO3/c1-5-22(26,15-14-16-10-12-17(23)13-11-16)18-8-6-7-9-19(18)24-20(25)27-21(2,3)4/h1,6-15,26H,2-4H3,(H,24,25)/b15-14+. The van der Waals surface area contributed by atoms with Crippen molar-refractivity contribution in [2.45, 2.75) is 32.0 Å². The van der Waals surface area contributed by atoms with Gasteiger partial charge in [-0.3, -0.25) is 5.32 Å². The number of hydrogen-bond donors (Lipinski definition) is 2. The lowest BCUT2D eigenvalue weighted by Crippen LogP contribution is -2.29. The molecule has 2 aromatic rings. The maximum absolute atomic E-state index is 13.0. The summed E-state index contributed by atoms with van der Waals surface area (Å²) < 4.78 is 18.3. The van der Waals surface area contributed by atoms with Crippen LogP contribution in [0.2, 0.25) is 0 Å². The maximum atomic E-state index is 13.0. The number of ether oxygens (including phenoxy) is 1. The SMILES string of the molecule is C#CC(O)(/C=C/c1ccc(F)cc1)c1ccccc1NC(=O)OC(C)(C)C. The summed E-state index contributed by atoms with van der Waals surface area (Å²) in [6.45, 7) is 5.26. The molecular formula is C22H22FNO3. The molecule has 0 aromatic heterocycles. The zero-order valence-electron chi connectivity index (χ0n) is 15.5. The summed E-state index contributed by atoms with van der Waals surface area (Å²) in [5.41, 5.74) is -1.13. The third kappa shape index (κ3) is 5.70. The molecule has 0 spiro atoms. The molecule has 4 nitrogen and oxygen atoms in total. The van der Waals surface area contributed by atoms with E-state index in [1.165, 1.54) is 18.2 Å². The molecule has 2 N–H and O–H groups in total. The van der Waals surface area contributed by atoms with E-state index >= 15 is 0 Å². The van der Waals surface area contributed by atoms with Crippen LogP contribution in [0.1, 0.15) is 31.9 Å². The topological polar surface area (TPSA) is 58.6 Å². The molecule has 1 atom stereocenters. The van der Waals surface area contributed by atoms with E-state index in [0.717, 1.165) is 0 Å². The Labute approximate surface area is 158 Å². The molecule has 0 aliphatic rings. The lowest BCUT2D eigenvalue weighted by atomic mass is 9.92. The summed E-state index contributed by atoms with van der Waals surface area (Å²) >= 11 is 0. The second-order valence-corrected chi connectivity index (χ2v) is 6.97. The Balaban J connectivity index is 2.32. The van der Waals surface area contributed by atoms with E-state index in [9.17, 15) is 14.3 Å². The van der Waals surface area contributed by atoms with Crippen LogP contribution in [-0.2, 0) is 10.3 Å². The van der Waals surface area contributed by atoms with Crippen molar-refractivity contribution in [1.82, 2.24) is 0 Å². The third-order valence-corrected chi connectivity index (χ3v) is 3.58. The van der Waals surface area contributed by atoms with Crippen LogP contribution >= 0.6 is 0 Å². The average molecular weight is 367 g/mol. The molecule has 0 saturated heterocycles. The number of halogens is 1. The van der Waals surface area contributed by atoms with Gasteiger partial charge in [0.25, 0.3) is 0 Å². The normalized spacial score (nSPS) is 13.6. The molecule has 0 radical (unpaired) electrons. The van der Waals surface area contributed by atoms with Gasteiger partial charge < -0.3 is 9.84 Å². The van der Waals surface area contributed by atoms with Gasteiger partial charge in [0, 0.05) is 5.56 Å². The van der Waals surface area contributed by atoms with Gasteiger partial charge in [0.15, 0.2) is 5.60 Å². The molecule has 2 rings (SSSR count). The van der Waals surface area contributed by atoms with E-state index in [-0.39, 0.29) is 5.82 Å². The van der Waals surface area contributed by atoms with E-state index in [4.69, 9.17) is 11.2 Å². The van der Waals surface area contributed by atoms with Crippen molar-refractivity contribution in [3.8, 4) is 12.3 Å². The van der Waals surface area contributed by atoms with Crippen molar-refractivity contribution >= 4 is 17.9 Å². The Bertz CT molecular complexity index is 876.